The molecule has 3 rings (SSSR count). The molecule has 0 aliphatic carbocycles. The molecular formula is C22H24N2O5S2. The maximum absolute atomic E-state index is 12.9. The van der Waals surface area contributed by atoms with Gasteiger partial charge < -0.3 is 4.74 Å². The van der Waals surface area contributed by atoms with Gasteiger partial charge in [-0.05, 0) is 60.9 Å². The van der Waals surface area contributed by atoms with Gasteiger partial charge in [-0.1, -0.05) is 37.3 Å². The van der Waals surface area contributed by atoms with Crippen molar-refractivity contribution in [3.05, 3.63) is 77.9 Å². The summed E-state index contributed by atoms with van der Waals surface area (Å²) in [4.78, 5) is 0.0209. The Morgan fingerprint density at radius 1 is 0.774 bits per heavy atom. The summed E-state index contributed by atoms with van der Waals surface area (Å²) in [6, 6.07) is 17.4. The van der Waals surface area contributed by atoms with Gasteiger partial charge in [-0.25, -0.2) is 16.8 Å². The van der Waals surface area contributed by atoms with Crippen LogP contribution in [0, 0.1) is 6.92 Å². The van der Waals surface area contributed by atoms with Crippen molar-refractivity contribution >= 4 is 31.4 Å². The molecule has 7 nitrogen and oxygen atoms in total. The van der Waals surface area contributed by atoms with Gasteiger partial charge in [0.05, 0.1) is 28.3 Å². The van der Waals surface area contributed by atoms with E-state index in [4.69, 9.17) is 4.74 Å². The van der Waals surface area contributed by atoms with Gasteiger partial charge in [-0.3, -0.25) is 9.44 Å². The molecule has 0 unspecified atom stereocenters. The molecule has 31 heavy (non-hydrogen) atoms. The Morgan fingerprint density at radius 2 is 1.35 bits per heavy atom. The number of rotatable bonds is 8. The second kappa shape index (κ2) is 8.99. The Balaban J connectivity index is 1.92. The minimum absolute atomic E-state index is 0.0805. The maximum atomic E-state index is 12.9. The van der Waals surface area contributed by atoms with Crippen molar-refractivity contribution < 1.29 is 21.6 Å². The number of hydrogen-bond donors (Lipinski definition) is 2. The molecule has 0 aliphatic rings. The van der Waals surface area contributed by atoms with Crippen LogP contribution in [-0.2, 0) is 26.5 Å². The Hall–Kier alpha value is -3.04. The first-order valence-electron chi connectivity index (χ1n) is 9.54. The third-order valence-electron chi connectivity index (χ3n) is 4.76. The van der Waals surface area contributed by atoms with E-state index >= 15 is 0 Å². The number of nitrogens with one attached hydrogen (secondary N) is 2. The quantitative estimate of drug-likeness (QED) is 0.525. The molecule has 9 heteroatoms. The SMILES string of the molecule is CCc1ccc(S(=O)(=O)Nc2cc(S(=O)(=O)Nc3ccccc3OC)ccc2C)cc1. The first-order chi connectivity index (χ1) is 14.7. The van der Waals surface area contributed by atoms with E-state index in [0.717, 1.165) is 12.0 Å². The standard InChI is InChI=1S/C22H24N2O5S2/c1-4-17-10-13-18(14-11-17)30(25,26)24-21-15-19(12-9-16(21)2)31(27,28)23-20-7-5-6-8-22(20)29-3/h5-15,23-24H,4H2,1-3H3. The molecule has 3 aromatic carbocycles. The van der Waals surface area contributed by atoms with Crippen LogP contribution in [0.25, 0.3) is 0 Å². The Morgan fingerprint density at radius 3 is 2.00 bits per heavy atom. The third-order valence-corrected chi connectivity index (χ3v) is 7.50. The molecule has 0 bridgehead atoms. The summed E-state index contributed by atoms with van der Waals surface area (Å²) in [7, 11) is -6.41. The molecule has 0 spiro atoms. The lowest BCUT2D eigenvalue weighted by Crippen LogP contribution is -2.16. The lowest BCUT2D eigenvalue weighted by atomic mass is 10.2. The second-order valence-electron chi connectivity index (χ2n) is 6.89. The van der Waals surface area contributed by atoms with Crippen molar-refractivity contribution in [3.8, 4) is 5.75 Å². The maximum Gasteiger partial charge on any atom is 0.262 e. The highest BCUT2D eigenvalue weighted by Gasteiger charge is 2.20. The van der Waals surface area contributed by atoms with Crippen LogP contribution in [-0.4, -0.2) is 23.9 Å². The minimum Gasteiger partial charge on any atom is -0.495 e. The van der Waals surface area contributed by atoms with Crippen molar-refractivity contribution in [2.45, 2.75) is 30.1 Å². The van der Waals surface area contributed by atoms with Crippen LogP contribution in [0.4, 0.5) is 11.4 Å². The number of methoxy groups -OCH3 is 1. The predicted molar refractivity (Wildman–Crippen MR) is 122 cm³/mol. The van der Waals surface area contributed by atoms with Crippen LogP contribution in [0.3, 0.4) is 0 Å². The number of hydrogen-bond acceptors (Lipinski definition) is 5. The van der Waals surface area contributed by atoms with Gasteiger partial charge in [-0.2, -0.15) is 0 Å². The molecule has 0 amide bonds. The Kier molecular flexibility index (Phi) is 6.56. The normalized spacial score (nSPS) is 11.7. The van der Waals surface area contributed by atoms with E-state index in [2.05, 4.69) is 9.44 Å². The summed E-state index contributed by atoms with van der Waals surface area (Å²) in [5.74, 6) is 0.370. The number of sulfonamides is 2. The Bertz CT molecular complexity index is 1290. The van der Waals surface area contributed by atoms with Crippen molar-refractivity contribution in [1.82, 2.24) is 0 Å². The highest BCUT2D eigenvalue weighted by atomic mass is 32.2. The fourth-order valence-corrected chi connectivity index (χ4v) is 5.14. The van der Waals surface area contributed by atoms with Gasteiger partial charge in [0, 0.05) is 0 Å². The van der Waals surface area contributed by atoms with Crippen molar-refractivity contribution in [1.29, 1.82) is 0 Å². The van der Waals surface area contributed by atoms with E-state index in [1.165, 1.54) is 31.4 Å². The minimum atomic E-state index is -3.98. The molecule has 164 valence electrons. The van der Waals surface area contributed by atoms with Crippen LogP contribution in [0.5, 0.6) is 5.75 Å². The highest BCUT2D eigenvalue weighted by Crippen LogP contribution is 2.28. The van der Waals surface area contributed by atoms with E-state index in [-0.39, 0.29) is 21.2 Å². The van der Waals surface area contributed by atoms with Crippen LogP contribution in [0.15, 0.2) is 76.5 Å². The zero-order chi connectivity index (χ0) is 22.6. The van der Waals surface area contributed by atoms with Gasteiger partial charge in [0.25, 0.3) is 20.0 Å². The summed E-state index contributed by atoms with van der Waals surface area (Å²) in [6.45, 7) is 3.68. The monoisotopic (exact) mass is 460 g/mol. The molecule has 0 radical (unpaired) electrons. The van der Waals surface area contributed by atoms with Gasteiger partial charge in [0.1, 0.15) is 5.75 Å². The number of para-hydroxylation sites is 2. The summed E-state index contributed by atoms with van der Waals surface area (Å²) >= 11 is 0. The average molecular weight is 461 g/mol. The van der Waals surface area contributed by atoms with Gasteiger partial charge >= 0.3 is 0 Å². The topological polar surface area (TPSA) is 102 Å². The fourth-order valence-electron chi connectivity index (χ4n) is 2.92. The lowest BCUT2D eigenvalue weighted by Gasteiger charge is -2.15. The van der Waals surface area contributed by atoms with Crippen LogP contribution in [0.2, 0.25) is 0 Å². The zero-order valence-electron chi connectivity index (χ0n) is 17.4. The lowest BCUT2D eigenvalue weighted by molar-refractivity contribution is 0.417. The first-order valence-corrected chi connectivity index (χ1v) is 12.5. The van der Waals surface area contributed by atoms with E-state index in [1.54, 1.807) is 49.4 Å². The first kappa shape index (κ1) is 22.6. The second-order valence-corrected chi connectivity index (χ2v) is 10.3. The summed E-state index contributed by atoms with van der Waals surface area (Å²) < 4.78 is 61.5. The zero-order valence-corrected chi connectivity index (χ0v) is 19.0. The predicted octanol–water partition coefficient (Wildman–Crippen LogP) is 4.17. The summed E-state index contributed by atoms with van der Waals surface area (Å²) in [5.41, 5.74) is 2.07. The van der Waals surface area contributed by atoms with Gasteiger partial charge in [0.15, 0.2) is 0 Å². The average Bonchev–Trinajstić information content (AvgIpc) is 2.75. The Labute approximate surface area is 183 Å². The van der Waals surface area contributed by atoms with Crippen LogP contribution >= 0.6 is 0 Å². The van der Waals surface area contributed by atoms with Gasteiger partial charge in [-0.15, -0.1) is 0 Å². The van der Waals surface area contributed by atoms with E-state index in [1.807, 2.05) is 6.92 Å². The highest BCUT2D eigenvalue weighted by molar-refractivity contribution is 7.93. The van der Waals surface area contributed by atoms with Crippen molar-refractivity contribution in [2.24, 2.45) is 0 Å². The van der Waals surface area contributed by atoms with Crippen LogP contribution < -0.4 is 14.2 Å². The molecule has 0 atom stereocenters. The van der Waals surface area contributed by atoms with E-state index in [9.17, 15) is 16.8 Å². The molecule has 0 saturated heterocycles. The van der Waals surface area contributed by atoms with Crippen molar-refractivity contribution in [3.63, 3.8) is 0 Å². The molecule has 0 aliphatic heterocycles. The van der Waals surface area contributed by atoms with Crippen molar-refractivity contribution in [2.75, 3.05) is 16.6 Å². The molecule has 0 aromatic heterocycles. The van der Waals surface area contributed by atoms with E-state index < -0.39 is 20.0 Å². The number of benzene rings is 3. The molecule has 0 saturated carbocycles. The smallest absolute Gasteiger partial charge is 0.262 e. The number of aryl methyl sites for hydroxylation is 2. The van der Waals surface area contributed by atoms with Crippen LogP contribution in [0.1, 0.15) is 18.1 Å². The number of anilines is 2. The molecule has 0 heterocycles. The molecular weight excluding hydrogens is 436 g/mol. The summed E-state index contributed by atoms with van der Waals surface area (Å²) in [6.07, 6.45) is 0.798. The molecule has 0 fully saturated rings. The summed E-state index contributed by atoms with van der Waals surface area (Å²) in [5, 5.41) is 0. The fraction of sp³-hybridized carbons (Fsp3) is 0.182. The molecule has 2 N–H and O–H groups in total. The third kappa shape index (κ3) is 5.18. The molecule has 3 aromatic rings. The largest absolute Gasteiger partial charge is 0.495 e. The number of ether oxygens (including phenoxy) is 1. The van der Waals surface area contributed by atoms with E-state index in [0.29, 0.717) is 11.3 Å². The van der Waals surface area contributed by atoms with Gasteiger partial charge in [0.2, 0.25) is 0 Å².